The van der Waals surface area contributed by atoms with Crippen molar-refractivity contribution in [1.29, 1.82) is 0 Å². The Labute approximate surface area is 96.0 Å². The molecule has 3 heteroatoms. The molecule has 0 aromatic heterocycles. The van der Waals surface area contributed by atoms with Gasteiger partial charge in [0.1, 0.15) is 5.82 Å². The van der Waals surface area contributed by atoms with Crippen LogP contribution in [0.5, 0.6) is 0 Å². The highest BCUT2D eigenvalue weighted by molar-refractivity contribution is 5.46. The summed E-state index contributed by atoms with van der Waals surface area (Å²) in [6, 6.07) is 5.88. The lowest BCUT2D eigenvalue weighted by atomic mass is 9.91. The van der Waals surface area contributed by atoms with E-state index in [0.29, 0.717) is 12.1 Å². The summed E-state index contributed by atoms with van der Waals surface area (Å²) in [4.78, 5) is 0. The van der Waals surface area contributed by atoms with Crippen LogP contribution in [-0.2, 0) is 0 Å². The summed E-state index contributed by atoms with van der Waals surface area (Å²) in [5, 5.41) is 3.39. The average molecular weight is 222 g/mol. The standard InChI is InChI=1S/C13H19FN2/c1-9-6-10(14)8-13(7-9)16-12-4-2-11(15)3-5-12/h6-8,11-12,16H,2-5,15H2,1H3. The third-order valence-corrected chi connectivity index (χ3v) is 3.18. The fourth-order valence-corrected chi connectivity index (χ4v) is 2.32. The molecule has 0 bridgehead atoms. The zero-order valence-electron chi connectivity index (χ0n) is 9.67. The molecular weight excluding hydrogens is 203 g/mol. The number of halogens is 1. The lowest BCUT2D eigenvalue weighted by molar-refractivity contribution is 0.411. The Hall–Kier alpha value is -1.09. The predicted molar refractivity (Wildman–Crippen MR) is 65.0 cm³/mol. The van der Waals surface area contributed by atoms with Gasteiger partial charge in [-0.2, -0.15) is 0 Å². The van der Waals surface area contributed by atoms with Crippen molar-refractivity contribution in [2.45, 2.75) is 44.7 Å². The van der Waals surface area contributed by atoms with Crippen LogP contribution in [0.1, 0.15) is 31.2 Å². The SMILES string of the molecule is Cc1cc(F)cc(NC2CCC(N)CC2)c1. The van der Waals surface area contributed by atoms with E-state index >= 15 is 0 Å². The van der Waals surface area contributed by atoms with Gasteiger partial charge in [-0.15, -0.1) is 0 Å². The summed E-state index contributed by atoms with van der Waals surface area (Å²) in [6.45, 7) is 1.91. The zero-order valence-corrected chi connectivity index (χ0v) is 9.67. The Morgan fingerprint density at radius 2 is 1.88 bits per heavy atom. The molecule has 1 saturated carbocycles. The number of anilines is 1. The summed E-state index contributed by atoms with van der Waals surface area (Å²) < 4.78 is 13.2. The molecule has 0 radical (unpaired) electrons. The van der Waals surface area contributed by atoms with Gasteiger partial charge in [0.25, 0.3) is 0 Å². The van der Waals surface area contributed by atoms with E-state index in [2.05, 4.69) is 5.32 Å². The highest BCUT2D eigenvalue weighted by atomic mass is 19.1. The first-order chi connectivity index (χ1) is 7.63. The molecule has 16 heavy (non-hydrogen) atoms. The molecule has 1 aromatic rings. The van der Waals surface area contributed by atoms with Gasteiger partial charge in [0.05, 0.1) is 0 Å². The van der Waals surface area contributed by atoms with E-state index in [9.17, 15) is 4.39 Å². The van der Waals surface area contributed by atoms with Crippen LogP contribution >= 0.6 is 0 Å². The molecule has 0 atom stereocenters. The first-order valence-electron chi connectivity index (χ1n) is 5.93. The number of hydrogen-bond donors (Lipinski definition) is 2. The van der Waals surface area contributed by atoms with Crippen LogP contribution < -0.4 is 11.1 Å². The molecule has 1 aliphatic carbocycles. The van der Waals surface area contributed by atoms with Gasteiger partial charge in [-0.3, -0.25) is 0 Å². The molecule has 0 amide bonds. The predicted octanol–water partition coefficient (Wildman–Crippen LogP) is 2.82. The van der Waals surface area contributed by atoms with E-state index in [1.54, 1.807) is 12.1 Å². The number of benzene rings is 1. The molecule has 1 aliphatic rings. The number of nitrogens with one attached hydrogen (secondary N) is 1. The maximum absolute atomic E-state index is 13.2. The molecule has 88 valence electrons. The number of rotatable bonds is 2. The van der Waals surface area contributed by atoms with Crippen molar-refractivity contribution >= 4 is 5.69 Å². The number of hydrogen-bond acceptors (Lipinski definition) is 2. The van der Waals surface area contributed by atoms with Gasteiger partial charge in [-0.05, 0) is 56.4 Å². The van der Waals surface area contributed by atoms with Crippen LogP contribution in [0.2, 0.25) is 0 Å². The number of nitrogens with two attached hydrogens (primary N) is 1. The maximum Gasteiger partial charge on any atom is 0.125 e. The monoisotopic (exact) mass is 222 g/mol. The molecule has 1 fully saturated rings. The second-order valence-electron chi connectivity index (χ2n) is 4.77. The van der Waals surface area contributed by atoms with Crippen molar-refractivity contribution in [1.82, 2.24) is 0 Å². The Balaban J connectivity index is 1.98. The lowest BCUT2D eigenvalue weighted by Crippen LogP contribution is -2.32. The van der Waals surface area contributed by atoms with Gasteiger partial charge in [0.15, 0.2) is 0 Å². The van der Waals surface area contributed by atoms with E-state index in [0.717, 1.165) is 36.9 Å². The van der Waals surface area contributed by atoms with Crippen LogP contribution in [0.15, 0.2) is 18.2 Å². The van der Waals surface area contributed by atoms with Gasteiger partial charge < -0.3 is 11.1 Å². The third kappa shape index (κ3) is 2.95. The van der Waals surface area contributed by atoms with Gasteiger partial charge in [-0.1, -0.05) is 0 Å². The Bertz CT molecular complexity index is 337. The molecule has 0 heterocycles. The van der Waals surface area contributed by atoms with E-state index in [1.807, 2.05) is 13.0 Å². The van der Waals surface area contributed by atoms with E-state index in [-0.39, 0.29) is 5.82 Å². The average Bonchev–Trinajstić information content (AvgIpc) is 2.20. The second kappa shape index (κ2) is 4.83. The van der Waals surface area contributed by atoms with Gasteiger partial charge in [0, 0.05) is 17.8 Å². The van der Waals surface area contributed by atoms with E-state index < -0.39 is 0 Å². The minimum atomic E-state index is -0.171. The maximum atomic E-state index is 13.2. The molecule has 2 nitrogen and oxygen atoms in total. The van der Waals surface area contributed by atoms with Crippen molar-refractivity contribution < 1.29 is 4.39 Å². The summed E-state index contributed by atoms with van der Waals surface area (Å²) in [7, 11) is 0. The Morgan fingerprint density at radius 3 is 2.50 bits per heavy atom. The topological polar surface area (TPSA) is 38.0 Å². The Morgan fingerprint density at radius 1 is 1.19 bits per heavy atom. The van der Waals surface area contributed by atoms with Crippen molar-refractivity contribution in [2.75, 3.05) is 5.32 Å². The largest absolute Gasteiger partial charge is 0.382 e. The molecule has 0 unspecified atom stereocenters. The summed E-state index contributed by atoms with van der Waals surface area (Å²) in [5.74, 6) is -0.171. The smallest absolute Gasteiger partial charge is 0.125 e. The molecule has 2 rings (SSSR count). The van der Waals surface area contributed by atoms with Crippen molar-refractivity contribution in [3.8, 4) is 0 Å². The van der Waals surface area contributed by atoms with E-state index in [4.69, 9.17) is 5.73 Å². The molecule has 1 aromatic carbocycles. The van der Waals surface area contributed by atoms with Crippen LogP contribution in [-0.4, -0.2) is 12.1 Å². The van der Waals surface area contributed by atoms with Gasteiger partial charge >= 0.3 is 0 Å². The summed E-state index contributed by atoms with van der Waals surface area (Å²) in [5.41, 5.74) is 7.69. The van der Waals surface area contributed by atoms with Crippen LogP contribution in [0.4, 0.5) is 10.1 Å². The minimum absolute atomic E-state index is 0.171. The zero-order chi connectivity index (χ0) is 11.5. The fourth-order valence-electron chi connectivity index (χ4n) is 2.32. The Kier molecular flexibility index (Phi) is 3.44. The third-order valence-electron chi connectivity index (χ3n) is 3.18. The van der Waals surface area contributed by atoms with Crippen LogP contribution in [0.3, 0.4) is 0 Å². The first-order valence-corrected chi connectivity index (χ1v) is 5.93. The normalized spacial score (nSPS) is 25.4. The number of aryl methyl sites for hydroxylation is 1. The van der Waals surface area contributed by atoms with Crippen LogP contribution in [0.25, 0.3) is 0 Å². The first kappa shape index (κ1) is 11.4. The fraction of sp³-hybridized carbons (Fsp3) is 0.538. The van der Waals surface area contributed by atoms with Gasteiger partial charge in [-0.25, -0.2) is 4.39 Å². The molecule has 0 saturated heterocycles. The molecule has 0 spiro atoms. The summed E-state index contributed by atoms with van der Waals surface area (Å²) in [6.07, 6.45) is 4.28. The highest BCUT2D eigenvalue weighted by Crippen LogP contribution is 2.22. The van der Waals surface area contributed by atoms with Crippen molar-refractivity contribution in [2.24, 2.45) is 5.73 Å². The summed E-state index contributed by atoms with van der Waals surface area (Å²) >= 11 is 0. The van der Waals surface area contributed by atoms with Crippen molar-refractivity contribution in [3.05, 3.63) is 29.6 Å². The minimum Gasteiger partial charge on any atom is -0.382 e. The van der Waals surface area contributed by atoms with Crippen molar-refractivity contribution in [3.63, 3.8) is 0 Å². The lowest BCUT2D eigenvalue weighted by Gasteiger charge is -2.27. The van der Waals surface area contributed by atoms with Gasteiger partial charge in [0.2, 0.25) is 0 Å². The highest BCUT2D eigenvalue weighted by Gasteiger charge is 2.18. The van der Waals surface area contributed by atoms with Crippen LogP contribution in [0, 0.1) is 12.7 Å². The van der Waals surface area contributed by atoms with E-state index in [1.165, 1.54) is 0 Å². The molecular formula is C13H19FN2. The quantitative estimate of drug-likeness (QED) is 0.807. The second-order valence-corrected chi connectivity index (χ2v) is 4.77. The molecule has 3 N–H and O–H groups in total. The molecule has 0 aliphatic heterocycles.